The van der Waals surface area contributed by atoms with Gasteiger partial charge in [-0.3, -0.25) is 4.79 Å². The van der Waals surface area contributed by atoms with Crippen molar-refractivity contribution < 1.29 is 14.3 Å². The first-order chi connectivity index (χ1) is 11.8. The van der Waals surface area contributed by atoms with Crippen LogP contribution in [-0.4, -0.2) is 17.7 Å². The number of nitrogens with one attached hydrogen (secondary N) is 2. The van der Waals surface area contributed by atoms with E-state index in [0.717, 1.165) is 42.0 Å². The van der Waals surface area contributed by atoms with Gasteiger partial charge in [0.25, 0.3) is 0 Å². The van der Waals surface area contributed by atoms with E-state index in [9.17, 15) is 4.79 Å². The van der Waals surface area contributed by atoms with Crippen LogP contribution in [-0.2, 0) is 11.3 Å². The van der Waals surface area contributed by atoms with Crippen molar-refractivity contribution in [3.05, 3.63) is 42.1 Å². The van der Waals surface area contributed by atoms with E-state index in [4.69, 9.17) is 9.47 Å². The number of nitrogens with zero attached hydrogens (tertiary/aromatic N) is 1. The van der Waals surface area contributed by atoms with Crippen LogP contribution in [0, 0.1) is 5.92 Å². The topological polar surface area (TPSA) is 72.5 Å². The van der Waals surface area contributed by atoms with E-state index in [1.807, 2.05) is 30.3 Å². The molecule has 0 bridgehead atoms. The highest BCUT2D eigenvalue weighted by Crippen LogP contribution is 2.32. The van der Waals surface area contributed by atoms with Gasteiger partial charge in [-0.05, 0) is 42.7 Å². The van der Waals surface area contributed by atoms with Gasteiger partial charge in [0.05, 0.1) is 11.9 Å². The molecule has 1 aliphatic carbocycles. The average Bonchev–Trinajstić information content (AvgIpc) is 3.00. The number of pyridine rings is 1. The van der Waals surface area contributed by atoms with E-state index in [2.05, 4.69) is 15.6 Å². The summed E-state index contributed by atoms with van der Waals surface area (Å²) in [7, 11) is 0. The van der Waals surface area contributed by atoms with Crippen molar-refractivity contribution in [1.82, 2.24) is 4.98 Å². The van der Waals surface area contributed by atoms with Crippen molar-refractivity contribution in [3.63, 3.8) is 0 Å². The maximum Gasteiger partial charge on any atom is 0.231 e. The number of carbonyl (C=O) groups is 1. The molecule has 2 N–H and O–H groups in total. The lowest BCUT2D eigenvalue weighted by molar-refractivity contribution is -0.122. The molecule has 1 aliphatic heterocycles. The second-order valence-electron chi connectivity index (χ2n) is 6.09. The van der Waals surface area contributed by atoms with Gasteiger partial charge < -0.3 is 20.1 Å². The van der Waals surface area contributed by atoms with Gasteiger partial charge >= 0.3 is 0 Å². The van der Waals surface area contributed by atoms with Crippen molar-refractivity contribution in [1.29, 1.82) is 0 Å². The van der Waals surface area contributed by atoms with Gasteiger partial charge in [0.15, 0.2) is 11.5 Å². The van der Waals surface area contributed by atoms with E-state index in [1.165, 1.54) is 0 Å². The Hall–Kier alpha value is -2.76. The van der Waals surface area contributed by atoms with Gasteiger partial charge in [0.1, 0.15) is 5.82 Å². The normalized spacial score (nSPS) is 15.7. The molecule has 1 aromatic heterocycles. The largest absolute Gasteiger partial charge is 0.454 e. The first kappa shape index (κ1) is 14.8. The Kier molecular flexibility index (Phi) is 3.94. The smallest absolute Gasteiger partial charge is 0.231 e. The second-order valence-corrected chi connectivity index (χ2v) is 6.09. The third kappa shape index (κ3) is 3.13. The molecule has 0 atom stereocenters. The number of anilines is 2. The van der Waals surface area contributed by atoms with Crippen molar-refractivity contribution in [3.8, 4) is 11.5 Å². The Bertz CT molecular complexity index is 742. The maximum atomic E-state index is 11.9. The van der Waals surface area contributed by atoms with E-state index < -0.39 is 0 Å². The molecule has 124 valence electrons. The van der Waals surface area contributed by atoms with Crippen LogP contribution >= 0.6 is 0 Å². The monoisotopic (exact) mass is 325 g/mol. The molecule has 24 heavy (non-hydrogen) atoms. The number of fused-ring (bicyclic) bond motifs is 1. The molecule has 4 rings (SSSR count). The Labute approximate surface area is 140 Å². The molecule has 2 heterocycles. The minimum absolute atomic E-state index is 0.0785. The quantitative estimate of drug-likeness (QED) is 0.883. The van der Waals surface area contributed by atoms with Crippen molar-refractivity contribution in [2.45, 2.75) is 25.8 Å². The van der Waals surface area contributed by atoms with Crippen LogP contribution in [0.2, 0.25) is 0 Å². The van der Waals surface area contributed by atoms with Crippen LogP contribution in [0.25, 0.3) is 0 Å². The number of amides is 1. The predicted octanol–water partition coefficient (Wildman–Crippen LogP) is 3.16. The lowest BCUT2D eigenvalue weighted by Gasteiger charge is -2.23. The van der Waals surface area contributed by atoms with Crippen molar-refractivity contribution >= 4 is 17.4 Å². The molecular formula is C18H19N3O3. The Morgan fingerprint density at radius 3 is 2.79 bits per heavy atom. The number of rotatable bonds is 5. The molecule has 0 unspecified atom stereocenters. The van der Waals surface area contributed by atoms with Gasteiger partial charge in [-0.15, -0.1) is 0 Å². The molecule has 2 aromatic rings. The number of hydrogen-bond donors (Lipinski definition) is 2. The lowest BCUT2D eigenvalue weighted by Crippen LogP contribution is -2.28. The lowest BCUT2D eigenvalue weighted by atomic mass is 9.85. The SMILES string of the molecule is O=C(Nc1ccc(NCc2ccc3c(c2)OCO3)cn1)C1CCC1. The molecule has 2 aliphatic rings. The summed E-state index contributed by atoms with van der Waals surface area (Å²) in [5, 5.41) is 6.17. The number of carbonyl (C=O) groups excluding carboxylic acids is 1. The van der Waals surface area contributed by atoms with Crippen LogP contribution in [0.15, 0.2) is 36.5 Å². The summed E-state index contributed by atoms with van der Waals surface area (Å²) in [5.74, 6) is 2.40. The van der Waals surface area contributed by atoms with Crippen LogP contribution in [0.4, 0.5) is 11.5 Å². The van der Waals surface area contributed by atoms with Crippen LogP contribution in [0.5, 0.6) is 11.5 Å². The Morgan fingerprint density at radius 1 is 1.17 bits per heavy atom. The summed E-state index contributed by atoms with van der Waals surface area (Å²) in [5.41, 5.74) is 2.00. The highest BCUT2D eigenvalue weighted by molar-refractivity contribution is 5.92. The summed E-state index contributed by atoms with van der Waals surface area (Å²) < 4.78 is 10.7. The highest BCUT2D eigenvalue weighted by atomic mass is 16.7. The first-order valence-corrected chi connectivity index (χ1v) is 8.17. The van der Waals surface area contributed by atoms with Gasteiger partial charge in [0.2, 0.25) is 12.7 Å². The minimum Gasteiger partial charge on any atom is -0.454 e. The summed E-state index contributed by atoms with van der Waals surface area (Å²) in [6.07, 6.45) is 4.85. The number of benzene rings is 1. The average molecular weight is 325 g/mol. The van der Waals surface area contributed by atoms with E-state index >= 15 is 0 Å². The standard InChI is InChI=1S/C18H19N3O3/c22-18(13-2-1-3-13)21-17-7-5-14(10-20-17)19-9-12-4-6-15-16(8-12)24-11-23-15/h4-8,10,13,19H,1-3,9,11H2,(H,20,21,22). The molecule has 0 saturated heterocycles. The molecule has 1 fully saturated rings. The third-order valence-electron chi connectivity index (χ3n) is 4.42. The molecular weight excluding hydrogens is 306 g/mol. The second kappa shape index (κ2) is 6.39. The zero-order valence-corrected chi connectivity index (χ0v) is 13.2. The summed E-state index contributed by atoms with van der Waals surface area (Å²) in [6.45, 7) is 0.941. The first-order valence-electron chi connectivity index (χ1n) is 8.17. The van der Waals surface area contributed by atoms with Gasteiger partial charge in [0, 0.05) is 12.5 Å². The van der Waals surface area contributed by atoms with Crippen LogP contribution < -0.4 is 20.1 Å². The van der Waals surface area contributed by atoms with Crippen molar-refractivity contribution in [2.24, 2.45) is 5.92 Å². The molecule has 6 nitrogen and oxygen atoms in total. The fraction of sp³-hybridized carbons (Fsp3) is 0.333. The molecule has 6 heteroatoms. The van der Waals surface area contributed by atoms with Gasteiger partial charge in [-0.2, -0.15) is 0 Å². The number of ether oxygens (including phenoxy) is 2. The summed E-state index contributed by atoms with van der Waals surface area (Å²) >= 11 is 0. The zero-order valence-electron chi connectivity index (χ0n) is 13.2. The van der Waals surface area contributed by atoms with Crippen LogP contribution in [0.1, 0.15) is 24.8 Å². The maximum absolute atomic E-state index is 11.9. The van der Waals surface area contributed by atoms with Crippen LogP contribution in [0.3, 0.4) is 0 Å². The number of hydrogen-bond acceptors (Lipinski definition) is 5. The van der Waals surface area contributed by atoms with E-state index in [0.29, 0.717) is 12.4 Å². The minimum atomic E-state index is 0.0785. The highest BCUT2D eigenvalue weighted by Gasteiger charge is 2.25. The predicted molar refractivity (Wildman–Crippen MR) is 90.1 cm³/mol. The van der Waals surface area contributed by atoms with Gasteiger partial charge in [-0.1, -0.05) is 12.5 Å². The molecule has 1 aromatic carbocycles. The molecule has 1 amide bonds. The Balaban J connectivity index is 1.32. The molecule has 0 spiro atoms. The third-order valence-corrected chi connectivity index (χ3v) is 4.42. The Morgan fingerprint density at radius 2 is 2.04 bits per heavy atom. The van der Waals surface area contributed by atoms with E-state index in [-0.39, 0.29) is 18.6 Å². The summed E-state index contributed by atoms with van der Waals surface area (Å²) in [6, 6.07) is 9.61. The van der Waals surface area contributed by atoms with Crippen molar-refractivity contribution in [2.75, 3.05) is 17.4 Å². The summed E-state index contributed by atoms with van der Waals surface area (Å²) in [4.78, 5) is 16.2. The van der Waals surface area contributed by atoms with E-state index in [1.54, 1.807) is 6.20 Å². The fourth-order valence-electron chi connectivity index (χ4n) is 2.73. The molecule has 1 saturated carbocycles. The fourth-order valence-corrected chi connectivity index (χ4v) is 2.73. The van der Waals surface area contributed by atoms with Gasteiger partial charge in [-0.25, -0.2) is 4.98 Å². The zero-order chi connectivity index (χ0) is 16.4. The molecule has 0 radical (unpaired) electrons. The number of aromatic nitrogens is 1.